The van der Waals surface area contributed by atoms with Crippen LogP contribution in [0.2, 0.25) is 0 Å². The smallest absolute Gasteiger partial charge is 0.0711 e. The fourth-order valence-electron chi connectivity index (χ4n) is 2.68. The Morgan fingerprint density at radius 1 is 1.15 bits per heavy atom. The van der Waals surface area contributed by atoms with Crippen LogP contribution in [0.1, 0.15) is 25.7 Å². The number of nitrogens with zero attached hydrogens (tertiary/aromatic N) is 1. The molecule has 2 rings (SSSR count). The lowest BCUT2D eigenvalue weighted by atomic mass is 10.1. The highest BCUT2D eigenvalue weighted by Gasteiger charge is 2.38. The Kier molecular flexibility index (Phi) is 2.86. The van der Waals surface area contributed by atoms with Crippen LogP contribution in [0.5, 0.6) is 0 Å². The molecule has 0 amide bonds. The number of hydrogen-bond acceptors (Lipinski definition) is 3. The Morgan fingerprint density at radius 3 is 2.31 bits per heavy atom. The number of morpholine rings is 1. The average molecular weight is 184 g/mol. The molecule has 1 N–H and O–H groups in total. The zero-order chi connectivity index (χ0) is 9.15. The first kappa shape index (κ1) is 9.44. The molecule has 3 nitrogen and oxygen atoms in total. The third-order valence-corrected chi connectivity index (χ3v) is 3.51. The fourth-order valence-corrected chi connectivity index (χ4v) is 2.68. The summed E-state index contributed by atoms with van der Waals surface area (Å²) in [4.78, 5) is 2.57. The Bertz CT molecular complexity index is 160. The molecule has 3 heteroatoms. The van der Waals surface area contributed by atoms with Gasteiger partial charge in [-0.15, -0.1) is 0 Å². The molecule has 0 bridgehead atoms. The van der Waals surface area contributed by atoms with Crippen LogP contribution in [-0.4, -0.2) is 43.9 Å². The molecule has 1 heterocycles. The van der Waals surface area contributed by atoms with E-state index in [1.54, 1.807) is 0 Å². The standard InChI is InChI=1S/C10H20N2O/c1-11-10(4-2-3-5-10)12-6-8-13-9-7-12/h11H,2-9H2,1H3. The second-order valence-corrected chi connectivity index (χ2v) is 4.09. The lowest BCUT2D eigenvalue weighted by Gasteiger charge is -2.43. The van der Waals surface area contributed by atoms with Gasteiger partial charge in [0.1, 0.15) is 0 Å². The largest absolute Gasteiger partial charge is 0.379 e. The topological polar surface area (TPSA) is 24.5 Å². The summed E-state index contributed by atoms with van der Waals surface area (Å²) in [5.41, 5.74) is 0.309. The van der Waals surface area contributed by atoms with Gasteiger partial charge in [-0.1, -0.05) is 12.8 Å². The van der Waals surface area contributed by atoms with Gasteiger partial charge in [-0.2, -0.15) is 0 Å². The van der Waals surface area contributed by atoms with Gasteiger partial charge in [-0.25, -0.2) is 0 Å². The molecule has 0 spiro atoms. The number of nitrogens with one attached hydrogen (secondary N) is 1. The van der Waals surface area contributed by atoms with Crippen LogP contribution in [0.15, 0.2) is 0 Å². The number of ether oxygens (including phenoxy) is 1. The van der Waals surface area contributed by atoms with E-state index in [2.05, 4.69) is 17.3 Å². The molecule has 1 aliphatic heterocycles. The summed E-state index contributed by atoms with van der Waals surface area (Å²) in [7, 11) is 2.10. The highest BCUT2D eigenvalue weighted by molar-refractivity contribution is 4.92. The fraction of sp³-hybridized carbons (Fsp3) is 1.00. The Morgan fingerprint density at radius 2 is 1.77 bits per heavy atom. The minimum atomic E-state index is 0.309. The predicted molar refractivity (Wildman–Crippen MR) is 52.7 cm³/mol. The van der Waals surface area contributed by atoms with Crippen molar-refractivity contribution in [2.24, 2.45) is 0 Å². The van der Waals surface area contributed by atoms with Crippen molar-refractivity contribution in [1.82, 2.24) is 10.2 Å². The predicted octanol–water partition coefficient (Wildman–Crippen LogP) is 0.808. The molecular formula is C10H20N2O. The van der Waals surface area contributed by atoms with E-state index in [1.165, 1.54) is 25.7 Å². The van der Waals surface area contributed by atoms with Gasteiger partial charge in [0, 0.05) is 13.1 Å². The Hall–Kier alpha value is -0.120. The van der Waals surface area contributed by atoms with Gasteiger partial charge in [-0.05, 0) is 19.9 Å². The molecule has 0 aromatic carbocycles. The SMILES string of the molecule is CNC1(N2CCOCC2)CCCC1. The quantitative estimate of drug-likeness (QED) is 0.687. The van der Waals surface area contributed by atoms with E-state index in [-0.39, 0.29) is 0 Å². The first-order chi connectivity index (χ1) is 6.37. The van der Waals surface area contributed by atoms with Crippen LogP contribution < -0.4 is 5.32 Å². The van der Waals surface area contributed by atoms with E-state index in [0.717, 1.165) is 26.3 Å². The van der Waals surface area contributed by atoms with Crippen molar-refractivity contribution in [1.29, 1.82) is 0 Å². The van der Waals surface area contributed by atoms with Crippen LogP contribution in [-0.2, 0) is 4.74 Å². The maximum Gasteiger partial charge on any atom is 0.0711 e. The van der Waals surface area contributed by atoms with Gasteiger partial charge in [0.25, 0.3) is 0 Å². The molecule has 13 heavy (non-hydrogen) atoms. The summed E-state index contributed by atoms with van der Waals surface area (Å²) in [6.45, 7) is 4.01. The molecule has 2 fully saturated rings. The summed E-state index contributed by atoms with van der Waals surface area (Å²) in [6.07, 6.45) is 5.36. The maximum atomic E-state index is 5.38. The van der Waals surface area contributed by atoms with E-state index >= 15 is 0 Å². The molecule has 0 radical (unpaired) electrons. The van der Waals surface area contributed by atoms with E-state index in [0.29, 0.717) is 5.66 Å². The van der Waals surface area contributed by atoms with Crippen molar-refractivity contribution in [3.05, 3.63) is 0 Å². The minimum Gasteiger partial charge on any atom is -0.379 e. The van der Waals surface area contributed by atoms with Crippen LogP contribution in [0, 0.1) is 0 Å². The second-order valence-electron chi connectivity index (χ2n) is 4.09. The summed E-state index contributed by atoms with van der Waals surface area (Å²) in [5, 5.41) is 3.52. The van der Waals surface area contributed by atoms with Gasteiger partial charge >= 0.3 is 0 Å². The highest BCUT2D eigenvalue weighted by atomic mass is 16.5. The Balaban J connectivity index is 2.01. The third-order valence-electron chi connectivity index (χ3n) is 3.51. The lowest BCUT2D eigenvalue weighted by Crippen LogP contribution is -2.59. The molecule has 1 saturated heterocycles. The van der Waals surface area contributed by atoms with E-state index in [9.17, 15) is 0 Å². The first-order valence-corrected chi connectivity index (χ1v) is 5.39. The van der Waals surface area contributed by atoms with E-state index < -0.39 is 0 Å². The number of rotatable bonds is 2. The summed E-state index contributed by atoms with van der Waals surface area (Å²) < 4.78 is 5.38. The molecule has 1 aliphatic carbocycles. The third kappa shape index (κ3) is 1.73. The average Bonchev–Trinajstić information content (AvgIpc) is 2.69. The van der Waals surface area contributed by atoms with Gasteiger partial charge < -0.3 is 10.1 Å². The van der Waals surface area contributed by atoms with E-state index in [1.807, 2.05) is 0 Å². The van der Waals surface area contributed by atoms with Crippen LogP contribution in [0.25, 0.3) is 0 Å². The minimum absolute atomic E-state index is 0.309. The van der Waals surface area contributed by atoms with Crippen molar-refractivity contribution in [3.63, 3.8) is 0 Å². The highest BCUT2D eigenvalue weighted by Crippen LogP contribution is 2.32. The van der Waals surface area contributed by atoms with Crippen molar-refractivity contribution < 1.29 is 4.74 Å². The molecular weight excluding hydrogens is 164 g/mol. The van der Waals surface area contributed by atoms with Crippen LogP contribution in [0.3, 0.4) is 0 Å². The monoisotopic (exact) mass is 184 g/mol. The van der Waals surface area contributed by atoms with Crippen molar-refractivity contribution >= 4 is 0 Å². The van der Waals surface area contributed by atoms with Crippen molar-refractivity contribution in [2.75, 3.05) is 33.4 Å². The molecule has 2 aliphatic rings. The van der Waals surface area contributed by atoms with Gasteiger partial charge in [0.05, 0.1) is 18.9 Å². The van der Waals surface area contributed by atoms with Gasteiger partial charge in [-0.3, -0.25) is 4.90 Å². The zero-order valence-corrected chi connectivity index (χ0v) is 8.51. The van der Waals surface area contributed by atoms with Gasteiger partial charge in [0.15, 0.2) is 0 Å². The molecule has 1 saturated carbocycles. The Labute approximate surface area is 80.4 Å². The molecule has 76 valence electrons. The summed E-state index contributed by atoms with van der Waals surface area (Å²) in [5.74, 6) is 0. The van der Waals surface area contributed by atoms with E-state index in [4.69, 9.17) is 4.74 Å². The summed E-state index contributed by atoms with van der Waals surface area (Å²) >= 11 is 0. The first-order valence-electron chi connectivity index (χ1n) is 5.39. The molecule has 0 aromatic heterocycles. The molecule has 0 atom stereocenters. The van der Waals surface area contributed by atoms with Crippen molar-refractivity contribution in [2.45, 2.75) is 31.3 Å². The van der Waals surface area contributed by atoms with Crippen LogP contribution >= 0.6 is 0 Å². The van der Waals surface area contributed by atoms with Crippen molar-refractivity contribution in [3.8, 4) is 0 Å². The summed E-state index contributed by atoms with van der Waals surface area (Å²) in [6, 6.07) is 0. The molecule has 0 unspecified atom stereocenters. The number of hydrogen-bond donors (Lipinski definition) is 1. The van der Waals surface area contributed by atoms with Crippen LogP contribution in [0.4, 0.5) is 0 Å². The zero-order valence-electron chi connectivity index (χ0n) is 8.51. The molecule has 0 aromatic rings. The second kappa shape index (κ2) is 3.95. The van der Waals surface area contributed by atoms with Gasteiger partial charge in [0.2, 0.25) is 0 Å². The maximum absolute atomic E-state index is 5.38. The lowest BCUT2D eigenvalue weighted by molar-refractivity contribution is -0.0316. The normalized spacial score (nSPS) is 29.3.